The van der Waals surface area contributed by atoms with Crippen molar-refractivity contribution in [3.8, 4) is 0 Å². The van der Waals surface area contributed by atoms with Crippen LogP contribution >= 0.6 is 15.9 Å². The Kier molecular flexibility index (Phi) is 3.01. The Bertz CT molecular complexity index is 397. The summed E-state index contributed by atoms with van der Waals surface area (Å²) in [7, 11) is 0. The molecule has 0 amide bonds. The van der Waals surface area contributed by atoms with E-state index in [1.807, 2.05) is 13.8 Å². The first-order valence-corrected chi connectivity index (χ1v) is 6.50. The molecule has 1 aromatic rings. The van der Waals surface area contributed by atoms with Gasteiger partial charge in [-0.1, -0.05) is 15.9 Å². The fraction of sp³-hybridized carbons (Fsp3) is 0.538. The largest absolute Gasteiger partial charge is 0.388 e. The highest BCUT2D eigenvalue weighted by Crippen LogP contribution is 2.37. The van der Waals surface area contributed by atoms with Crippen molar-refractivity contribution in [1.29, 1.82) is 0 Å². The topological polar surface area (TPSA) is 23.5 Å². The molecular weight excluding hydrogens is 266 g/mol. The number of likely N-dealkylation sites (N-methyl/N-ethyl adjacent to an activating group) is 1. The molecule has 0 saturated carbocycles. The lowest BCUT2D eigenvalue weighted by Gasteiger charge is -2.34. The first kappa shape index (κ1) is 11.9. The van der Waals surface area contributed by atoms with Crippen molar-refractivity contribution in [3.05, 3.63) is 28.2 Å². The Balaban J connectivity index is 2.40. The maximum Gasteiger partial charge on any atom is 0.0797 e. The summed E-state index contributed by atoms with van der Waals surface area (Å²) < 4.78 is 1.11. The second-order valence-corrected chi connectivity index (χ2v) is 5.85. The molecule has 1 aliphatic heterocycles. The first-order chi connectivity index (χ1) is 7.43. The molecule has 2 rings (SSSR count). The second kappa shape index (κ2) is 4.04. The van der Waals surface area contributed by atoms with Crippen LogP contribution in [0.1, 0.15) is 26.3 Å². The molecular formula is C13H18BrNO. The van der Waals surface area contributed by atoms with Gasteiger partial charge in [0.25, 0.3) is 0 Å². The number of hydrogen-bond donors (Lipinski definition) is 1. The molecule has 1 heterocycles. The first-order valence-electron chi connectivity index (χ1n) is 5.71. The zero-order chi connectivity index (χ0) is 11.9. The number of rotatable bonds is 2. The monoisotopic (exact) mass is 283 g/mol. The third-order valence-electron chi connectivity index (χ3n) is 3.30. The molecule has 3 heteroatoms. The molecule has 0 fully saturated rings. The van der Waals surface area contributed by atoms with Gasteiger partial charge in [-0.3, -0.25) is 0 Å². The van der Waals surface area contributed by atoms with Crippen LogP contribution in [0.5, 0.6) is 0 Å². The zero-order valence-corrected chi connectivity index (χ0v) is 11.6. The summed E-state index contributed by atoms with van der Waals surface area (Å²) in [6, 6.07) is 6.54. The second-order valence-electron chi connectivity index (χ2n) is 4.93. The SMILES string of the molecule is CCN1c2ccc(Br)cc2CC1C(C)(C)O. The van der Waals surface area contributed by atoms with Gasteiger partial charge in [0.2, 0.25) is 0 Å². The van der Waals surface area contributed by atoms with Crippen LogP contribution in [0.15, 0.2) is 22.7 Å². The lowest BCUT2D eigenvalue weighted by atomic mass is 9.95. The number of hydrogen-bond acceptors (Lipinski definition) is 2. The predicted octanol–water partition coefficient (Wildman–Crippen LogP) is 2.97. The molecule has 1 atom stereocenters. The normalized spacial score (nSPS) is 20.1. The van der Waals surface area contributed by atoms with Gasteiger partial charge in [-0.25, -0.2) is 0 Å². The van der Waals surface area contributed by atoms with E-state index in [0.29, 0.717) is 0 Å². The van der Waals surface area contributed by atoms with E-state index in [0.717, 1.165) is 17.4 Å². The van der Waals surface area contributed by atoms with Crippen molar-refractivity contribution in [3.63, 3.8) is 0 Å². The Labute approximate surface area is 105 Å². The van der Waals surface area contributed by atoms with Gasteiger partial charge in [0.1, 0.15) is 0 Å². The fourth-order valence-corrected chi connectivity index (χ4v) is 2.91. The van der Waals surface area contributed by atoms with Gasteiger partial charge in [-0.05, 0) is 51.0 Å². The maximum absolute atomic E-state index is 10.2. The van der Waals surface area contributed by atoms with Crippen LogP contribution in [0.2, 0.25) is 0 Å². The quantitative estimate of drug-likeness (QED) is 0.902. The van der Waals surface area contributed by atoms with E-state index in [4.69, 9.17) is 0 Å². The molecule has 0 aromatic heterocycles. The van der Waals surface area contributed by atoms with Gasteiger partial charge in [0, 0.05) is 16.7 Å². The van der Waals surface area contributed by atoms with Gasteiger partial charge in [0.15, 0.2) is 0 Å². The summed E-state index contributed by atoms with van der Waals surface area (Å²) in [5.41, 5.74) is 1.92. The van der Waals surface area contributed by atoms with Crippen molar-refractivity contribution in [2.75, 3.05) is 11.4 Å². The Morgan fingerprint density at radius 3 is 2.75 bits per heavy atom. The van der Waals surface area contributed by atoms with Crippen LogP contribution in [-0.4, -0.2) is 23.3 Å². The minimum atomic E-state index is -0.665. The van der Waals surface area contributed by atoms with Crippen LogP contribution in [0.4, 0.5) is 5.69 Å². The Morgan fingerprint density at radius 1 is 1.50 bits per heavy atom. The van der Waals surface area contributed by atoms with Crippen molar-refractivity contribution < 1.29 is 5.11 Å². The fourth-order valence-electron chi connectivity index (χ4n) is 2.51. The Hall–Kier alpha value is -0.540. The van der Waals surface area contributed by atoms with E-state index >= 15 is 0 Å². The highest BCUT2D eigenvalue weighted by Gasteiger charge is 2.37. The van der Waals surface area contributed by atoms with Gasteiger partial charge in [-0.2, -0.15) is 0 Å². The number of benzene rings is 1. The molecule has 0 bridgehead atoms. The number of halogens is 1. The van der Waals surface area contributed by atoms with Crippen LogP contribution < -0.4 is 4.90 Å². The highest BCUT2D eigenvalue weighted by atomic mass is 79.9. The lowest BCUT2D eigenvalue weighted by Crippen LogP contribution is -2.47. The standard InChI is InChI=1S/C13H18BrNO/c1-4-15-11-6-5-10(14)7-9(11)8-12(15)13(2,3)16/h5-7,12,16H,4,8H2,1-3H3. The molecule has 1 aliphatic rings. The van der Waals surface area contributed by atoms with Gasteiger partial charge in [-0.15, -0.1) is 0 Å². The van der Waals surface area contributed by atoms with Crippen molar-refractivity contribution in [2.45, 2.75) is 38.8 Å². The van der Waals surface area contributed by atoms with Crippen LogP contribution in [0.3, 0.4) is 0 Å². The summed E-state index contributed by atoms with van der Waals surface area (Å²) in [6.45, 7) is 6.85. The van der Waals surface area contributed by atoms with Crippen molar-refractivity contribution in [2.24, 2.45) is 0 Å². The van der Waals surface area contributed by atoms with Crippen molar-refractivity contribution >= 4 is 21.6 Å². The minimum Gasteiger partial charge on any atom is -0.388 e. The molecule has 0 saturated heterocycles. The van der Waals surface area contributed by atoms with E-state index in [2.05, 4.69) is 46.0 Å². The molecule has 2 nitrogen and oxygen atoms in total. The summed E-state index contributed by atoms with van der Waals surface area (Å²) in [6.07, 6.45) is 0.923. The number of fused-ring (bicyclic) bond motifs is 1. The van der Waals surface area contributed by atoms with E-state index in [9.17, 15) is 5.11 Å². The maximum atomic E-state index is 10.2. The number of aliphatic hydroxyl groups is 1. The van der Waals surface area contributed by atoms with Gasteiger partial charge in [0.05, 0.1) is 11.6 Å². The average molecular weight is 284 g/mol. The summed E-state index contributed by atoms with van der Waals surface area (Å²) in [4.78, 5) is 2.29. The lowest BCUT2D eigenvalue weighted by molar-refractivity contribution is 0.0520. The van der Waals surface area contributed by atoms with Gasteiger partial charge < -0.3 is 10.0 Å². The molecule has 0 radical (unpaired) electrons. The highest BCUT2D eigenvalue weighted by molar-refractivity contribution is 9.10. The van der Waals surface area contributed by atoms with E-state index in [-0.39, 0.29) is 6.04 Å². The smallest absolute Gasteiger partial charge is 0.0797 e. The molecule has 1 aromatic carbocycles. The third kappa shape index (κ3) is 1.98. The molecule has 88 valence electrons. The number of anilines is 1. The van der Waals surface area contributed by atoms with Crippen LogP contribution in [0, 0.1) is 0 Å². The summed E-state index contributed by atoms with van der Waals surface area (Å²) >= 11 is 3.50. The van der Waals surface area contributed by atoms with Crippen LogP contribution in [-0.2, 0) is 6.42 Å². The number of nitrogens with zero attached hydrogens (tertiary/aromatic N) is 1. The summed E-state index contributed by atoms with van der Waals surface area (Å²) in [5, 5.41) is 10.2. The summed E-state index contributed by atoms with van der Waals surface area (Å²) in [5.74, 6) is 0. The average Bonchev–Trinajstić information content (AvgIpc) is 2.54. The molecule has 0 aliphatic carbocycles. The molecule has 1 unspecified atom stereocenters. The van der Waals surface area contributed by atoms with E-state index < -0.39 is 5.60 Å². The van der Waals surface area contributed by atoms with Gasteiger partial charge >= 0.3 is 0 Å². The third-order valence-corrected chi connectivity index (χ3v) is 3.79. The molecule has 1 N–H and O–H groups in total. The molecule has 16 heavy (non-hydrogen) atoms. The minimum absolute atomic E-state index is 0.182. The predicted molar refractivity (Wildman–Crippen MR) is 71.0 cm³/mol. The van der Waals surface area contributed by atoms with Crippen LogP contribution in [0.25, 0.3) is 0 Å². The Morgan fingerprint density at radius 2 is 2.19 bits per heavy atom. The van der Waals surface area contributed by atoms with E-state index in [1.165, 1.54) is 11.3 Å². The van der Waals surface area contributed by atoms with Crippen molar-refractivity contribution in [1.82, 2.24) is 0 Å². The van der Waals surface area contributed by atoms with E-state index in [1.54, 1.807) is 0 Å². The zero-order valence-electron chi connectivity index (χ0n) is 10.00. The molecule has 0 spiro atoms.